The van der Waals surface area contributed by atoms with Crippen LogP contribution in [0.15, 0.2) is 48.6 Å². The Balaban J connectivity index is 0.000000121. The van der Waals surface area contributed by atoms with Crippen LogP contribution in [0.4, 0.5) is 0 Å². The molecule has 1 saturated carbocycles. The molecule has 4 aliphatic carbocycles. The number of ketones is 1. The summed E-state index contributed by atoms with van der Waals surface area (Å²) in [6.07, 6.45) is 13.6. The van der Waals surface area contributed by atoms with E-state index < -0.39 is 6.10 Å². The number of phenolic OH excluding ortho intramolecular Hbond substituents is 1. The Hall–Kier alpha value is -2.63. The van der Waals surface area contributed by atoms with Crippen LogP contribution in [0.2, 0.25) is 0 Å². The molecular weight excluding hydrogens is 472 g/mol. The van der Waals surface area contributed by atoms with E-state index in [4.69, 9.17) is 4.74 Å². The van der Waals surface area contributed by atoms with E-state index >= 15 is 0 Å². The lowest BCUT2D eigenvalue weighted by molar-refractivity contribution is -0.127. The number of carbonyl (C=O) groups excluding carboxylic acids is 1. The topological polar surface area (TPSA) is 61.8 Å². The van der Waals surface area contributed by atoms with E-state index in [1.807, 2.05) is 6.07 Å². The second-order valence-electron chi connectivity index (χ2n) is 13.0. The van der Waals surface area contributed by atoms with Crippen molar-refractivity contribution in [2.24, 2.45) is 11.8 Å². The SMILES string of the molecule is CN1CC[C@]23c4c5ccc(O)c4O[C@H]2C(=O)C=C[C@H]3[C@H]1C5.c1ccc2c(c1)C[C@H]1NCC[C@@]23CCCC[C@@H]13. The van der Waals surface area contributed by atoms with Crippen molar-refractivity contribution >= 4 is 5.78 Å². The normalized spacial score (nSPS) is 39.2. The summed E-state index contributed by atoms with van der Waals surface area (Å²) in [5.74, 6) is 1.98. The Bertz CT molecular complexity index is 1350. The molecule has 198 valence electrons. The maximum Gasteiger partial charge on any atom is 0.196 e. The molecule has 3 aliphatic heterocycles. The number of hydrogen-bond acceptors (Lipinski definition) is 5. The van der Waals surface area contributed by atoms with E-state index in [9.17, 15) is 9.90 Å². The summed E-state index contributed by atoms with van der Waals surface area (Å²) < 4.78 is 5.99. The van der Waals surface area contributed by atoms with Crippen molar-refractivity contribution in [1.82, 2.24) is 10.2 Å². The quantitative estimate of drug-likeness (QED) is 0.549. The molecule has 7 atom stereocenters. The van der Waals surface area contributed by atoms with Crippen LogP contribution in [-0.2, 0) is 28.5 Å². The molecule has 5 heteroatoms. The summed E-state index contributed by atoms with van der Waals surface area (Å²) >= 11 is 0. The van der Waals surface area contributed by atoms with Crippen molar-refractivity contribution < 1.29 is 14.6 Å². The maximum absolute atomic E-state index is 12.4. The smallest absolute Gasteiger partial charge is 0.196 e. The predicted octanol–water partition coefficient (Wildman–Crippen LogP) is 4.44. The molecule has 2 saturated heterocycles. The number of hydrogen-bond donors (Lipinski definition) is 2. The third kappa shape index (κ3) is 2.92. The summed E-state index contributed by atoms with van der Waals surface area (Å²) in [7, 11) is 2.17. The first-order valence-corrected chi connectivity index (χ1v) is 14.8. The number of ether oxygens (including phenoxy) is 1. The number of nitrogens with zero attached hydrogens (tertiary/aromatic N) is 1. The molecule has 2 aromatic rings. The van der Waals surface area contributed by atoms with Crippen LogP contribution in [0.3, 0.4) is 0 Å². The van der Waals surface area contributed by atoms with Gasteiger partial charge in [0.25, 0.3) is 0 Å². The summed E-state index contributed by atoms with van der Waals surface area (Å²) in [6, 6.07) is 14.1. The molecule has 5 nitrogen and oxygen atoms in total. The number of phenols is 1. The molecule has 2 N–H and O–H groups in total. The molecular formula is C33H38N2O3. The highest BCUT2D eigenvalue weighted by Gasteiger charge is 2.64. The molecule has 1 spiro atoms. The highest BCUT2D eigenvalue weighted by molar-refractivity contribution is 5.98. The van der Waals surface area contributed by atoms with Gasteiger partial charge in [0.15, 0.2) is 23.4 Å². The molecule has 9 rings (SSSR count). The predicted molar refractivity (Wildman–Crippen MR) is 147 cm³/mol. The van der Waals surface area contributed by atoms with Gasteiger partial charge >= 0.3 is 0 Å². The number of rotatable bonds is 0. The van der Waals surface area contributed by atoms with Gasteiger partial charge in [-0.15, -0.1) is 0 Å². The van der Waals surface area contributed by atoms with Crippen LogP contribution in [0.25, 0.3) is 0 Å². The standard InChI is InChI=1S/C17H17NO3.C16H21N/c1-18-7-6-17-10-3-5-13(20)16(17)21-15-12(19)4-2-9(14(15)17)8-11(10)18;1-2-6-13-12(5-1)11-15-14-7-3-4-8-16(13,14)9-10-17-15/h2-5,10-11,16,19H,6-8H2,1H3;1-2,5-6,14-15,17H,3-4,7-11H2/t10-,11+,16-,17-;14-,15+,16-/m00/s1. The minimum absolute atomic E-state index is 0.0398. The number of carbonyl (C=O) groups is 1. The Morgan fingerprint density at radius 2 is 1.95 bits per heavy atom. The zero-order valence-corrected chi connectivity index (χ0v) is 22.3. The summed E-state index contributed by atoms with van der Waals surface area (Å²) in [5.41, 5.74) is 5.97. The highest BCUT2D eigenvalue weighted by atomic mass is 16.5. The van der Waals surface area contributed by atoms with Crippen molar-refractivity contribution in [2.45, 2.75) is 80.4 Å². The molecule has 0 radical (unpaired) electrons. The summed E-state index contributed by atoms with van der Waals surface area (Å²) in [4.78, 5) is 14.8. The summed E-state index contributed by atoms with van der Waals surface area (Å²) in [5, 5.41) is 14.0. The monoisotopic (exact) mass is 510 g/mol. The second-order valence-corrected chi connectivity index (χ2v) is 13.0. The van der Waals surface area contributed by atoms with Gasteiger partial charge in [-0.3, -0.25) is 4.79 Å². The lowest BCUT2D eigenvalue weighted by atomic mass is 9.53. The van der Waals surface area contributed by atoms with E-state index in [1.54, 1.807) is 23.3 Å². The van der Waals surface area contributed by atoms with Gasteiger partial charge in [0.1, 0.15) is 0 Å². The molecule has 0 amide bonds. The van der Waals surface area contributed by atoms with Crippen LogP contribution >= 0.6 is 0 Å². The fourth-order valence-electron chi connectivity index (χ4n) is 9.97. The molecule has 4 bridgehead atoms. The van der Waals surface area contributed by atoms with Gasteiger partial charge in [-0.05, 0) is 93.4 Å². The number of fused-ring (bicyclic) bond motifs is 1. The number of aromatic hydroxyl groups is 1. The number of likely N-dealkylation sites (tertiary alicyclic amines) is 1. The largest absolute Gasteiger partial charge is 0.504 e. The van der Waals surface area contributed by atoms with Crippen LogP contribution in [0.1, 0.15) is 60.8 Å². The molecule has 7 aliphatic rings. The van der Waals surface area contributed by atoms with Crippen LogP contribution < -0.4 is 10.1 Å². The molecule has 0 aromatic heterocycles. The van der Waals surface area contributed by atoms with Gasteiger partial charge in [-0.25, -0.2) is 0 Å². The van der Waals surface area contributed by atoms with E-state index in [1.165, 1.54) is 50.6 Å². The second kappa shape index (κ2) is 8.19. The number of nitrogens with one attached hydrogen (secondary N) is 1. The highest BCUT2D eigenvalue weighted by Crippen LogP contribution is 2.61. The van der Waals surface area contributed by atoms with Gasteiger partial charge in [-0.2, -0.15) is 0 Å². The first-order chi connectivity index (χ1) is 18.5. The molecule has 3 heterocycles. The molecule has 2 aromatic carbocycles. The van der Waals surface area contributed by atoms with E-state index in [2.05, 4.69) is 47.6 Å². The molecule has 3 fully saturated rings. The lowest BCUT2D eigenvalue weighted by Gasteiger charge is -2.56. The maximum atomic E-state index is 12.4. The van der Waals surface area contributed by atoms with Gasteiger partial charge in [0.05, 0.1) is 5.41 Å². The first kappa shape index (κ1) is 23.3. The Morgan fingerprint density at radius 3 is 2.87 bits per heavy atom. The summed E-state index contributed by atoms with van der Waals surface area (Å²) in [6.45, 7) is 2.20. The fourth-order valence-corrected chi connectivity index (χ4v) is 9.97. The van der Waals surface area contributed by atoms with Crippen molar-refractivity contribution in [3.8, 4) is 11.5 Å². The Kier molecular flexibility index (Phi) is 5.01. The van der Waals surface area contributed by atoms with Gasteiger partial charge in [-0.1, -0.05) is 49.2 Å². The van der Waals surface area contributed by atoms with Crippen LogP contribution in [-0.4, -0.2) is 54.1 Å². The number of piperidine rings is 2. The molecule has 0 unspecified atom stereocenters. The van der Waals surface area contributed by atoms with Gasteiger partial charge < -0.3 is 20.1 Å². The third-order valence-corrected chi connectivity index (χ3v) is 11.6. The molecule has 38 heavy (non-hydrogen) atoms. The fraction of sp³-hybridized carbons (Fsp3) is 0.545. The van der Waals surface area contributed by atoms with Crippen LogP contribution in [0.5, 0.6) is 11.5 Å². The van der Waals surface area contributed by atoms with Crippen molar-refractivity contribution in [3.63, 3.8) is 0 Å². The van der Waals surface area contributed by atoms with Crippen molar-refractivity contribution in [1.29, 1.82) is 0 Å². The van der Waals surface area contributed by atoms with Crippen LogP contribution in [0, 0.1) is 11.8 Å². The van der Waals surface area contributed by atoms with Crippen molar-refractivity contribution in [2.75, 3.05) is 20.1 Å². The lowest BCUT2D eigenvalue weighted by Crippen LogP contribution is -2.64. The van der Waals surface area contributed by atoms with Gasteiger partial charge in [0, 0.05) is 29.0 Å². The zero-order valence-electron chi connectivity index (χ0n) is 22.3. The Labute approximate surface area is 225 Å². The third-order valence-electron chi connectivity index (χ3n) is 11.6. The Morgan fingerprint density at radius 1 is 1.05 bits per heavy atom. The minimum Gasteiger partial charge on any atom is -0.504 e. The average molecular weight is 511 g/mol. The van der Waals surface area contributed by atoms with E-state index in [0.29, 0.717) is 23.1 Å². The minimum atomic E-state index is -0.453. The van der Waals surface area contributed by atoms with E-state index in [0.717, 1.165) is 36.9 Å². The number of benzene rings is 2. The van der Waals surface area contributed by atoms with E-state index in [-0.39, 0.29) is 16.9 Å². The van der Waals surface area contributed by atoms with Crippen molar-refractivity contribution in [3.05, 3.63) is 70.8 Å². The number of likely N-dealkylation sites (N-methyl/N-ethyl adjacent to an activating group) is 1. The van der Waals surface area contributed by atoms with Gasteiger partial charge in [0.2, 0.25) is 0 Å². The average Bonchev–Trinajstić information content (AvgIpc) is 3.30. The first-order valence-electron chi connectivity index (χ1n) is 14.8. The zero-order chi connectivity index (χ0) is 25.6.